The lowest BCUT2D eigenvalue weighted by Gasteiger charge is -2.03. The number of nitrogens with one attached hydrogen (secondary N) is 1. The highest BCUT2D eigenvalue weighted by atomic mass is 32.2. The summed E-state index contributed by atoms with van der Waals surface area (Å²) in [6, 6.07) is 7.72. The largest absolute Gasteiger partial charge is 0.497 e. The van der Waals surface area contributed by atoms with Crippen molar-refractivity contribution in [2.45, 2.75) is 24.9 Å². The number of unbranched alkanes of at least 4 members (excludes halogenated alkanes) is 1. The molecule has 2 heterocycles. The van der Waals surface area contributed by atoms with Crippen LogP contribution >= 0.6 is 23.1 Å². The van der Waals surface area contributed by atoms with E-state index in [0.29, 0.717) is 10.5 Å². The minimum absolute atomic E-state index is 0.0685. The van der Waals surface area contributed by atoms with E-state index in [2.05, 4.69) is 16.9 Å². The van der Waals surface area contributed by atoms with E-state index in [1.54, 1.807) is 18.9 Å². The molecule has 0 bridgehead atoms. The topological polar surface area (TPSA) is 55.0 Å². The van der Waals surface area contributed by atoms with Crippen LogP contribution in [-0.4, -0.2) is 22.8 Å². The number of thioether (sulfide) groups is 1. The summed E-state index contributed by atoms with van der Waals surface area (Å²) in [5.41, 5.74) is 1.85. The summed E-state index contributed by atoms with van der Waals surface area (Å²) >= 11 is 3.12. The van der Waals surface area contributed by atoms with E-state index in [0.717, 1.165) is 40.3 Å². The molecule has 3 aromatic rings. The lowest BCUT2D eigenvalue weighted by atomic mass is 10.1. The van der Waals surface area contributed by atoms with Crippen molar-refractivity contribution in [1.82, 2.24) is 9.97 Å². The molecule has 4 nitrogen and oxygen atoms in total. The van der Waals surface area contributed by atoms with Gasteiger partial charge in [-0.25, -0.2) is 4.98 Å². The van der Waals surface area contributed by atoms with Crippen molar-refractivity contribution >= 4 is 33.3 Å². The molecule has 0 atom stereocenters. The molecule has 3 rings (SSSR count). The van der Waals surface area contributed by atoms with Crippen LogP contribution in [0.5, 0.6) is 5.75 Å². The fourth-order valence-corrected chi connectivity index (χ4v) is 4.25. The van der Waals surface area contributed by atoms with Gasteiger partial charge in [-0.1, -0.05) is 37.2 Å². The quantitative estimate of drug-likeness (QED) is 0.404. The van der Waals surface area contributed by atoms with Gasteiger partial charge in [0.05, 0.1) is 12.5 Å². The zero-order valence-electron chi connectivity index (χ0n) is 13.1. The molecule has 2 aromatic heterocycles. The lowest BCUT2D eigenvalue weighted by Crippen LogP contribution is -2.08. The van der Waals surface area contributed by atoms with Crippen molar-refractivity contribution in [3.63, 3.8) is 0 Å². The number of benzene rings is 1. The second-order valence-corrected chi connectivity index (χ2v) is 7.07. The Balaban J connectivity index is 1.98. The van der Waals surface area contributed by atoms with Crippen LogP contribution in [0.1, 0.15) is 19.8 Å². The van der Waals surface area contributed by atoms with Crippen molar-refractivity contribution in [1.29, 1.82) is 0 Å². The summed E-state index contributed by atoms with van der Waals surface area (Å²) < 4.78 is 5.18. The fraction of sp³-hybridized carbons (Fsp3) is 0.294. The number of nitrogens with zero attached hydrogens (tertiary/aromatic N) is 1. The second-order valence-electron chi connectivity index (χ2n) is 5.13. The fourth-order valence-electron chi connectivity index (χ4n) is 2.29. The van der Waals surface area contributed by atoms with Crippen LogP contribution in [0.25, 0.3) is 21.3 Å². The first-order chi connectivity index (χ1) is 11.2. The molecule has 0 radical (unpaired) electrons. The first-order valence-electron chi connectivity index (χ1n) is 7.51. The molecule has 0 spiro atoms. The molecular weight excluding hydrogens is 328 g/mol. The van der Waals surface area contributed by atoms with Gasteiger partial charge >= 0.3 is 0 Å². The van der Waals surface area contributed by atoms with Gasteiger partial charge < -0.3 is 9.72 Å². The monoisotopic (exact) mass is 346 g/mol. The summed E-state index contributed by atoms with van der Waals surface area (Å²) in [5, 5.41) is 3.37. The third-order valence-electron chi connectivity index (χ3n) is 3.56. The highest BCUT2D eigenvalue weighted by Gasteiger charge is 2.13. The Bertz CT molecular complexity index is 853. The van der Waals surface area contributed by atoms with E-state index in [1.165, 1.54) is 11.3 Å². The molecular formula is C17H18N2O2S2. The molecule has 6 heteroatoms. The predicted molar refractivity (Wildman–Crippen MR) is 97.9 cm³/mol. The van der Waals surface area contributed by atoms with Crippen molar-refractivity contribution in [2.75, 3.05) is 12.9 Å². The molecule has 120 valence electrons. The summed E-state index contributed by atoms with van der Waals surface area (Å²) in [5.74, 6) is 1.77. The molecule has 0 saturated heterocycles. The molecule has 1 aromatic carbocycles. The maximum absolute atomic E-state index is 12.5. The van der Waals surface area contributed by atoms with E-state index in [9.17, 15) is 4.79 Å². The van der Waals surface area contributed by atoms with Crippen LogP contribution in [0.2, 0.25) is 0 Å². The number of methoxy groups -OCH3 is 1. The highest BCUT2D eigenvalue weighted by molar-refractivity contribution is 7.99. The van der Waals surface area contributed by atoms with Crippen LogP contribution < -0.4 is 10.3 Å². The lowest BCUT2D eigenvalue weighted by molar-refractivity contribution is 0.415. The SMILES string of the molecule is CCCCSc1nc2scc(-c3ccc(OC)cc3)c2c(=O)[nH]1. The standard InChI is InChI=1S/C17H18N2O2S2/c1-3-4-9-22-17-18-15(20)14-13(10-23-16(14)19-17)11-5-7-12(21-2)8-6-11/h5-8,10H,3-4,9H2,1-2H3,(H,18,19,20). The van der Waals surface area contributed by atoms with Crippen molar-refractivity contribution in [2.24, 2.45) is 0 Å². The zero-order valence-corrected chi connectivity index (χ0v) is 14.7. The number of thiophene rings is 1. The average Bonchev–Trinajstić information content (AvgIpc) is 3.00. The Labute approximate surface area is 142 Å². The third-order valence-corrected chi connectivity index (χ3v) is 5.39. The predicted octanol–water partition coefficient (Wildman–Crippen LogP) is 4.55. The number of aromatic amines is 1. The summed E-state index contributed by atoms with van der Waals surface area (Å²) in [6.45, 7) is 2.15. The first-order valence-corrected chi connectivity index (χ1v) is 9.38. The van der Waals surface area contributed by atoms with Crippen LogP contribution in [0.4, 0.5) is 0 Å². The van der Waals surface area contributed by atoms with E-state index in [4.69, 9.17) is 4.74 Å². The van der Waals surface area contributed by atoms with E-state index in [1.807, 2.05) is 29.6 Å². The van der Waals surface area contributed by atoms with E-state index >= 15 is 0 Å². The van der Waals surface area contributed by atoms with Gasteiger partial charge in [0.1, 0.15) is 10.6 Å². The Morgan fingerprint density at radius 1 is 1.30 bits per heavy atom. The maximum atomic E-state index is 12.5. The maximum Gasteiger partial charge on any atom is 0.260 e. The third kappa shape index (κ3) is 3.43. The summed E-state index contributed by atoms with van der Waals surface area (Å²) in [7, 11) is 1.64. The minimum atomic E-state index is -0.0685. The van der Waals surface area contributed by atoms with Gasteiger partial charge in [0, 0.05) is 16.7 Å². The normalized spacial score (nSPS) is 11.0. The number of ether oxygens (including phenoxy) is 1. The molecule has 0 amide bonds. The van der Waals surface area contributed by atoms with Gasteiger partial charge in [0.25, 0.3) is 5.56 Å². The summed E-state index contributed by atoms with van der Waals surface area (Å²) in [4.78, 5) is 20.8. The number of hydrogen-bond acceptors (Lipinski definition) is 5. The van der Waals surface area contributed by atoms with E-state index in [-0.39, 0.29) is 5.56 Å². The molecule has 0 saturated carbocycles. The molecule has 1 N–H and O–H groups in total. The zero-order chi connectivity index (χ0) is 16.2. The number of hydrogen-bond donors (Lipinski definition) is 1. The molecule has 0 unspecified atom stereocenters. The number of rotatable bonds is 6. The van der Waals surface area contributed by atoms with E-state index < -0.39 is 0 Å². The second kappa shape index (κ2) is 7.19. The Morgan fingerprint density at radius 3 is 2.78 bits per heavy atom. The molecule has 23 heavy (non-hydrogen) atoms. The Morgan fingerprint density at radius 2 is 2.09 bits per heavy atom. The van der Waals surface area contributed by atoms with Crippen molar-refractivity contribution in [3.05, 3.63) is 40.0 Å². The average molecular weight is 346 g/mol. The minimum Gasteiger partial charge on any atom is -0.497 e. The summed E-state index contributed by atoms with van der Waals surface area (Å²) in [6.07, 6.45) is 2.26. The van der Waals surface area contributed by atoms with Gasteiger partial charge in [-0.3, -0.25) is 4.79 Å². The van der Waals surface area contributed by atoms with Crippen LogP contribution in [0.15, 0.2) is 39.6 Å². The van der Waals surface area contributed by atoms with Crippen LogP contribution in [0.3, 0.4) is 0 Å². The Hall–Kier alpha value is -1.79. The smallest absolute Gasteiger partial charge is 0.260 e. The number of aromatic nitrogens is 2. The van der Waals surface area contributed by atoms with Gasteiger partial charge in [-0.2, -0.15) is 0 Å². The van der Waals surface area contributed by atoms with Gasteiger partial charge in [0.2, 0.25) is 0 Å². The van der Waals surface area contributed by atoms with Crippen LogP contribution in [0, 0.1) is 0 Å². The van der Waals surface area contributed by atoms with Crippen LogP contribution in [-0.2, 0) is 0 Å². The van der Waals surface area contributed by atoms with Gasteiger partial charge in [0.15, 0.2) is 5.16 Å². The van der Waals surface area contributed by atoms with Gasteiger partial charge in [-0.05, 0) is 24.1 Å². The number of H-pyrrole nitrogens is 1. The molecule has 0 aliphatic carbocycles. The van der Waals surface area contributed by atoms with Crippen molar-refractivity contribution < 1.29 is 4.74 Å². The molecule has 0 aliphatic rings. The van der Waals surface area contributed by atoms with Gasteiger partial charge in [-0.15, -0.1) is 11.3 Å². The molecule has 0 fully saturated rings. The van der Waals surface area contributed by atoms with Crippen molar-refractivity contribution in [3.8, 4) is 16.9 Å². The first kappa shape index (κ1) is 16.1. The molecule has 0 aliphatic heterocycles. The Kier molecular flexibility index (Phi) is 5.03. The highest BCUT2D eigenvalue weighted by Crippen LogP contribution is 2.32. The number of fused-ring (bicyclic) bond motifs is 1.